The Bertz CT molecular complexity index is 508. The maximum atomic E-state index is 13.3. The van der Waals surface area contributed by atoms with Crippen molar-refractivity contribution >= 4 is 5.97 Å². The van der Waals surface area contributed by atoms with E-state index in [-0.39, 0.29) is 0 Å². The van der Waals surface area contributed by atoms with E-state index in [1.54, 1.807) is 0 Å². The van der Waals surface area contributed by atoms with Crippen molar-refractivity contribution in [2.75, 3.05) is 0 Å². The largest absolute Gasteiger partial charge is 0.478 e. The van der Waals surface area contributed by atoms with Crippen LogP contribution in [-0.2, 0) is 4.79 Å². The molecule has 0 fully saturated rings. The van der Waals surface area contributed by atoms with E-state index in [2.05, 4.69) is 0 Å². The van der Waals surface area contributed by atoms with E-state index in [1.807, 2.05) is 0 Å². The zero-order valence-corrected chi connectivity index (χ0v) is 9.77. The molecule has 0 spiro atoms. The predicted molar refractivity (Wildman–Crippen MR) is 42.7 cm³/mol. The molecule has 0 saturated carbocycles. The number of aliphatic carboxylic acids is 1. The lowest BCUT2D eigenvalue weighted by atomic mass is 9.91. The Morgan fingerprint density at radius 3 is 1.22 bits per heavy atom. The van der Waals surface area contributed by atoms with Crippen molar-refractivity contribution in [2.45, 2.75) is 30.1 Å². The lowest BCUT2D eigenvalue weighted by Gasteiger charge is -2.35. The molecule has 2 nitrogen and oxygen atoms in total. The van der Waals surface area contributed by atoms with Crippen molar-refractivity contribution in [2.24, 2.45) is 0 Å². The molecule has 136 valence electrons. The van der Waals surface area contributed by atoms with Crippen molar-refractivity contribution in [3.05, 3.63) is 11.4 Å². The van der Waals surface area contributed by atoms with E-state index < -0.39 is 47.5 Å². The van der Waals surface area contributed by atoms with Crippen LogP contribution in [0.5, 0.6) is 0 Å². The fourth-order valence-electron chi connectivity index (χ4n) is 1.15. The predicted octanol–water partition coefficient (Wildman–Crippen LogP) is 4.33. The van der Waals surface area contributed by atoms with Crippen LogP contribution in [0.2, 0.25) is 0 Å². The maximum Gasteiger partial charge on any atom is 0.457 e. The molecule has 0 saturated heterocycles. The summed E-state index contributed by atoms with van der Waals surface area (Å²) in [6, 6.07) is 0. The highest BCUT2D eigenvalue weighted by Crippen LogP contribution is 2.57. The summed E-state index contributed by atoms with van der Waals surface area (Å²) in [4.78, 5) is 10.1. The van der Waals surface area contributed by atoms with Gasteiger partial charge in [-0.3, -0.25) is 0 Å². The Kier molecular flexibility index (Phi) is 5.03. The minimum Gasteiger partial charge on any atom is -0.478 e. The molecule has 0 amide bonds. The second-order valence-electron chi connectivity index (χ2n) is 3.72. The standard InChI is InChI=1S/C8HF13O2/c9-2(1(3(22)23)5(11,12)13)4(10,7(16,17)18)6(14,15)8(19,20)21/h(H,22,23). The Morgan fingerprint density at radius 1 is 0.696 bits per heavy atom. The third-order valence-corrected chi connectivity index (χ3v) is 2.20. The lowest BCUT2D eigenvalue weighted by molar-refractivity contribution is -0.376. The van der Waals surface area contributed by atoms with Crippen LogP contribution in [0.4, 0.5) is 57.1 Å². The van der Waals surface area contributed by atoms with Crippen LogP contribution in [0.1, 0.15) is 0 Å². The zero-order chi connectivity index (χ0) is 19.2. The van der Waals surface area contributed by atoms with E-state index >= 15 is 0 Å². The smallest absolute Gasteiger partial charge is 0.457 e. The Balaban J connectivity index is 6.97. The molecule has 0 radical (unpaired) electrons. The number of alkyl halides is 12. The SMILES string of the molecule is O=C(O)C(=C(F)C(F)(C(F)(F)F)C(F)(F)C(F)(F)F)C(F)(F)F. The third kappa shape index (κ3) is 3.31. The van der Waals surface area contributed by atoms with Crippen molar-refractivity contribution < 1.29 is 67.0 Å². The Hall–Kier alpha value is -1.70. The first kappa shape index (κ1) is 21.3. The quantitative estimate of drug-likeness (QED) is 0.589. The molecule has 0 aliphatic rings. The van der Waals surface area contributed by atoms with E-state index in [4.69, 9.17) is 5.11 Å². The topological polar surface area (TPSA) is 37.3 Å². The summed E-state index contributed by atoms with van der Waals surface area (Å²) in [5.74, 6) is -16.4. The number of rotatable bonds is 3. The number of carbonyl (C=O) groups is 1. The number of allylic oxidation sites excluding steroid dienone is 1. The highest BCUT2D eigenvalue weighted by Gasteiger charge is 2.84. The van der Waals surface area contributed by atoms with Gasteiger partial charge in [0.2, 0.25) is 0 Å². The third-order valence-electron chi connectivity index (χ3n) is 2.20. The number of carboxylic acid groups (broad SMARTS) is 1. The molecule has 15 heteroatoms. The number of carboxylic acids is 1. The van der Waals surface area contributed by atoms with Gasteiger partial charge in [0.25, 0.3) is 0 Å². The molecule has 0 aromatic heterocycles. The van der Waals surface area contributed by atoms with Crippen LogP contribution < -0.4 is 0 Å². The van der Waals surface area contributed by atoms with Crippen molar-refractivity contribution in [3.63, 3.8) is 0 Å². The summed E-state index contributed by atoms with van der Waals surface area (Å²) in [5.41, 5.74) is -11.8. The molecule has 0 aliphatic heterocycles. The second-order valence-corrected chi connectivity index (χ2v) is 3.72. The van der Waals surface area contributed by atoms with Gasteiger partial charge < -0.3 is 5.11 Å². The van der Waals surface area contributed by atoms with E-state index in [1.165, 1.54) is 0 Å². The van der Waals surface area contributed by atoms with Crippen molar-refractivity contribution in [1.29, 1.82) is 0 Å². The first-order chi connectivity index (χ1) is 9.73. The molecule has 23 heavy (non-hydrogen) atoms. The van der Waals surface area contributed by atoms with Crippen LogP contribution >= 0.6 is 0 Å². The summed E-state index contributed by atoms with van der Waals surface area (Å²) >= 11 is 0. The number of halogens is 13. The average molecular weight is 376 g/mol. The van der Waals surface area contributed by atoms with Crippen LogP contribution in [0.25, 0.3) is 0 Å². The van der Waals surface area contributed by atoms with Gasteiger partial charge in [-0.05, 0) is 0 Å². The fourth-order valence-corrected chi connectivity index (χ4v) is 1.15. The molecule has 0 heterocycles. The van der Waals surface area contributed by atoms with Gasteiger partial charge in [-0.1, -0.05) is 0 Å². The maximum absolute atomic E-state index is 13.3. The van der Waals surface area contributed by atoms with Crippen LogP contribution in [-0.4, -0.2) is 41.2 Å². The highest BCUT2D eigenvalue weighted by atomic mass is 19.4. The van der Waals surface area contributed by atoms with Gasteiger partial charge in [0, 0.05) is 0 Å². The van der Waals surface area contributed by atoms with Crippen LogP contribution in [0, 0.1) is 0 Å². The lowest BCUT2D eigenvalue weighted by Crippen LogP contribution is -2.63. The summed E-state index contributed by atoms with van der Waals surface area (Å²) in [7, 11) is 0. The Morgan fingerprint density at radius 2 is 1.04 bits per heavy atom. The van der Waals surface area contributed by atoms with Gasteiger partial charge in [-0.25, -0.2) is 13.6 Å². The number of hydrogen-bond donors (Lipinski definition) is 1. The van der Waals surface area contributed by atoms with E-state index in [0.717, 1.165) is 0 Å². The van der Waals surface area contributed by atoms with Crippen molar-refractivity contribution in [1.82, 2.24) is 0 Å². The molecule has 0 rings (SSSR count). The molecule has 0 aliphatic carbocycles. The van der Waals surface area contributed by atoms with Gasteiger partial charge in [0.15, 0.2) is 11.4 Å². The van der Waals surface area contributed by atoms with Crippen LogP contribution in [0.15, 0.2) is 11.4 Å². The minimum atomic E-state index is -7.76. The molecule has 0 aromatic carbocycles. The Labute approximate surface area is 116 Å². The van der Waals surface area contributed by atoms with Gasteiger partial charge >= 0.3 is 36.1 Å². The number of hydrogen-bond acceptors (Lipinski definition) is 1. The fraction of sp³-hybridized carbons (Fsp3) is 0.625. The summed E-state index contributed by atoms with van der Waals surface area (Å²) in [5, 5.41) is 7.90. The van der Waals surface area contributed by atoms with E-state index in [0.29, 0.717) is 0 Å². The first-order valence-corrected chi connectivity index (χ1v) is 4.63. The van der Waals surface area contributed by atoms with Gasteiger partial charge in [-0.2, -0.15) is 48.3 Å². The summed E-state index contributed by atoms with van der Waals surface area (Å²) in [6.45, 7) is 0. The first-order valence-electron chi connectivity index (χ1n) is 4.63. The molecule has 1 N–H and O–H groups in total. The molecule has 1 atom stereocenters. The molecular weight excluding hydrogens is 375 g/mol. The monoisotopic (exact) mass is 376 g/mol. The van der Waals surface area contributed by atoms with Crippen molar-refractivity contribution in [3.8, 4) is 0 Å². The minimum absolute atomic E-state index is 3.74. The zero-order valence-electron chi connectivity index (χ0n) is 9.77. The molecule has 1 unspecified atom stereocenters. The highest BCUT2D eigenvalue weighted by molar-refractivity contribution is 5.89. The van der Waals surface area contributed by atoms with Crippen LogP contribution in [0.3, 0.4) is 0 Å². The summed E-state index contributed by atoms with van der Waals surface area (Å²) < 4.78 is 160. The van der Waals surface area contributed by atoms with E-state index in [9.17, 15) is 61.9 Å². The average Bonchev–Trinajstić information content (AvgIpc) is 2.21. The molecule has 0 bridgehead atoms. The molecule has 0 aromatic rings. The van der Waals surface area contributed by atoms with Gasteiger partial charge in [0.1, 0.15) is 0 Å². The molecular formula is C8HF13O2. The van der Waals surface area contributed by atoms with Gasteiger partial charge in [0.05, 0.1) is 0 Å². The second kappa shape index (κ2) is 5.43. The van der Waals surface area contributed by atoms with Gasteiger partial charge in [-0.15, -0.1) is 0 Å². The summed E-state index contributed by atoms with van der Waals surface area (Å²) in [6.07, 6.45) is -21.8. The normalized spacial score (nSPS) is 18.3.